The molecule has 4 heteroatoms. The number of H-pyrrole nitrogens is 1. The summed E-state index contributed by atoms with van der Waals surface area (Å²) in [5, 5.41) is 9.18. The van der Waals surface area contributed by atoms with Crippen LogP contribution in [0.5, 0.6) is 0 Å². The van der Waals surface area contributed by atoms with Gasteiger partial charge < -0.3 is 5.32 Å². The fourth-order valence-corrected chi connectivity index (χ4v) is 1.53. The maximum atomic E-state index is 11.8. The Balaban J connectivity index is 2.25. The Hall–Kier alpha value is -2.36. The molecule has 0 saturated heterocycles. The van der Waals surface area contributed by atoms with E-state index in [1.807, 2.05) is 31.2 Å². The van der Waals surface area contributed by atoms with Gasteiger partial charge >= 0.3 is 0 Å². The predicted octanol–water partition coefficient (Wildman–Crippen LogP) is 2.70. The van der Waals surface area contributed by atoms with E-state index in [4.69, 9.17) is 0 Å². The molecule has 17 heavy (non-hydrogen) atoms. The van der Waals surface area contributed by atoms with Crippen LogP contribution in [0.3, 0.4) is 0 Å². The summed E-state index contributed by atoms with van der Waals surface area (Å²) in [5.41, 5.74) is 3.10. The van der Waals surface area contributed by atoms with Gasteiger partial charge in [0.25, 0.3) is 5.91 Å². The van der Waals surface area contributed by atoms with Crippen LogP contribution in [0.15, 0.2) is 43.2 Å². The normalized spacial score (nSPS) is 9.94. The van der Waals surface area contributed by atoms with Crippen molar-refractivity contribution in [3.8, 4) is 0 Å². The fourth-order valence-electron chi connectivity index (χ4n) is 1.53. The van der Waals surface area contributed by atoms with Crippen LogP contribution in [0.2, 0.25) is 0 Å². The Labute approximate surface area is 99.4 Å². The van der Waals surface area contributed by atoms with E-state index in [1.54, 1.807) is 6.20 Å². The molecular weight excluding hydrogens is 214 g/mol. The summed E-state index contributed by atoms with van der Waals surface area (Å²) in [7, 11) is 0. The first-order valence-electron chi connectivity index (χ1n) is 5.23. The second kappa shape index (κ2) is 4.65. The lowest BCUT2D eigenvalue weighted by molar-refractivity contribution is 0.102. The molecule has 0 aliphatic rings. The maximum Gasteiger partial charge on any atom is 0.258 e. The van der Waals surface area contributed by atoms with Crippen molar-refractivity contribution in [2.75, 3.05) is 5.32 Å². The molecule has 0 unspecified atom stereocenters. The molecule has 0 saturated carbocycles. The van der Waals surface area contributed by atoms with Crippen molar-refractivity contribution < 1.29 is 4.79 Å². The van der Waals surface area contributed by atoms with Crippen LogP contribution in [0.25, 0.3) is 5.57 Å². The van der Waals surface area contributed by atoms with E-state index in [0.29, 0.717) is 5.56 Å². The monoisotopic (exact) mass is 227 g/mol. The van der Waals surface area contributed by atoms with Crippen molar-refractivity contribution in [2.45, 2.75) is 6.92 Å². The molecule has 2 aromatic rings. The van der Waals surface area contributed by atoms with Gasteiger partial charge in [-0.05, 0) is 18.6 Å². The molecule has 86 valence electrons. The van der Waals surface area contributed by atoms with Crippen LogP contribution in [0.4, 0.5) is 5.69 Å². The highest BCUT2D eigenvalue weighted by atomic mass is 16.1. The molecule has 0 atom stereocenters. The van der Waals surface area contributed by atoms with E-state index < -0.39 is 0 Å². The molecule has 0 fully saturated rings. The van der Waals surface area contributed by atoms with Gasteiger partial charge in [-0.3, -0.25) is 9.89 Å². The molecule has 0 spiro atoms. The fraction of sp³-hybridized carbons (Fsp3) is 0.0769. The zero-order valence-corrected chi connectivity index (χ0v) is 9.53. The Bertz CT molecular complexity index is 544. The summed E-state index contributed by atoms with van der Waals surface area (Å²) >= 11 is 0. The second-order valence-electron chi connectivity index (χ2n) is 3.77. The topological polar surface area (TPSA) is 57.8 Å². The lowest BCUT2D eigenvalue weighted by atomic mass is 10.1. The van der Waals surface area contributed by atoms with E-state index in [1.165, 1.54) is 6.20 Å². The van der Waals surface area contributed by atoms with Gasteiger partial charge in [-0.2, -0.15) is 5.10 Å². The highest BCUT2D eigenvalue weighted by Crippen LogP contribution is 2.22. The van der Waals surface area contributed by atoms with Crippen LogP contribution in [0, 0.1) is 0 Å². The largest absolute Gasteiger partial charge is 0.321 e. The molecule has 1 aromatic heterocycles. The van der Waals surface area contributed by atoms with E-state index in [0.717, 1.165) is 16.8 Å². The first-order valence-corrected chi connectivity index (χ1v) is 5.23. The van der Waals surface area contributed by atoms with Crippen molar-refractivity contribution in [1.29, 1.82) is 0 Å². The van der Waals surface area contributed by atoms with Gasteiger partial charge in [-0.25, -0.2) is 0 Å². The highest BCUT2D eigenvalue weighted by molar-refractivity contribution is 6.05. The van der Waals surface area contributed by atoms with Gasteiger partial charge in [0.2, 0.25) is 0 Å². The van der Waals surface area contributed by atoms with E-state index in [-0.39, 0.29) is 5.91 Å². The number of hydrogen-bond acceptors (Lipinski definition) is 2. The zero-order chi connectivity index (χ0) is 12.3. The smallest absolute Gasteiger partial charge is 0.258 e. The third-order valence-electron chi connectivity index (χ3n) is 2.40. The Kier molecular flexibility index (Phi) is 3.05. The summed E-state index contributed by atoms with van der Waals surface area (Å²) in [6.07, 6.45) is 3.04. The highest BCUT2D eigenvalue weighted by Gasteiger charge is 2.09. The lowest BCUT2D eigenvalue weighted by Gasteiger charge is -2.09. The first kappa shape index (κ1) is 11.1. The van der Waals surface area contributed by atoms with Crippen molar-refractivity contribution in [1.82, 2.24) is 10.2 Å². The standard InChI is InChI=1S/C13H13N3O/c1-9(2)11-5-3-4-6-12(11)16-13(17)10-7-14-15-8-10/h3-8H,1H2,2H3,(H,14,15)(H,16,17). The van der Waals surface area contributed by atoms with Gasteiger partial charge in [-0.15, -0.1) is 0 Å². The van der Waals surface area contributed by atoms with Gasteiger partial charge in [0, 0.05) is 17.4 Å². The Morgan fingerprint density at radius 3 is 2.82 bits per heavy atom. The summed E-state index contributed by atoms with van der Waals surface area (Å²) < 4.78 is 0. The van der Waals surface area contributed by atoms with Crippen molar-refractivity contribution in [3.63, 3.8) is 0 Å². The van der Waals surface area contributed by atoms with Crippen LogP contribution < -0.4 is 5.32 Å². The third-order valence-corrected chi connectivity index (χ3v) is 2.40. The second-order valence-corrected chi connectivity index (χ2v) is 3.77. The minimum Gasteiger partial charge on any atom is -0.321 e. The summed E-state index contributed by atoms with van der Waals surface area (Å²) in [4.78, 5) is 11.8. The lowest BCUT2D eigenvalue weighted by Crippen LogP contribution is -2.12. The Morgan fingerprint density at radius 2 is 2.18 bits per heavy atom. The number of allylic oxidation sites excluding steroid dienone is 1. The van der Waals surface area contributed by atoms with Crippen LogP contribution in [0.1, 0.15) is 22.8 Å². The number of nitrogens with zero attached hydrogens (tertiary/aromatic N) is 1. The minimum absolute atomic E-state index is 0.188. The number of aromatic amines is 1. The molecule has 0 aliphatic heterocycles. The Morgan fingerprint density at radius 1 is 1.41 bits per heavy atom. The molecule has 2 rings (SSSR count). The average Bonchev–Trinajstić information content (AvgIpc) is 2.83. The quantitative estimate of drug-likeness (QED) is 0.847. The number of carbonyl (C=O) groups excluding carboxylic acids is 1. The van der Waals surface area contributed by atoms with Crippen molar-refractivity contribution in [2.24, 2.45) is 0 Å². The molecule has 2 N–H and O–H groups in total. The molecule has 4 nitrogen and oxygen atoms in total. The summed E-state index contributed by atoms with van der Waals surface area (Å²) in [5.74, 6) is -0.188. The molecule has 1 aromatic carbocycles. The maximum absolute atomic E-state index is 11.8. The van der Waals surface area contributed by atoms with Gasteiger partial charge in [0.15, 0.2) is 0 Å². The van der Waals surface area contributed by atoms with Crippen LogP contribution in [-0.2, 0) is 0 Å². The van der Waals surface area contributed by atoms with E-state index in [9.17, 15) is 4.79 Å². The number of benzene rings is 1. The van der Waals surface area contributed by atoms with Gasteiger partial charge in [-0.1, -0.05) is 24.8 Å². The van der Waals surface area contributed by atoms with E-state index >= 15 is 0 Å². The first-order chi connectivity index (χ1) is 8.18. The number of rotatable bonds is 3. The predicted molar refractivity (Wildman–Crippen MR) is 67.7 cm³/mol. The number of amides is 1. The summed E-state index contributed by atoms with van der Waals surface area (Å²) in [6.45, 7) is 5.79. The van der Waals surface area contributed by atoms with Crippen LogP contribution >= 0.6 is 0 Å². The molecule has 0 aliphatic carbocycles. The molecule has 1 heterocycles. The zero-order valence-electron chi connectivity index (χ0n) is 9.53. The number of aromatic nitrogens is 2. The average molecular weight is 227 g/mol. The van der Waals surface area contributed by atoms with Crippen LogP contribution in [-0.4, -0.2) is 16.1 Å². The minimum atomic E-state index is -0.188. The number of nitrogens with one attached hydrogen (secondary N) is 2. The number of carbonyl (C=O) groups is 1. The van der Waals surface area contributed by atoms with Gasteiger partial charge in [0.1, 0.15) is 0 Å². The van der Waals surface area contributed by atoms with Gasteiger partial charge in [0.05, 0.1) is 11.8 Å². The SMILES string of the molecule is C=C(C)c1ccccc1NC(=O)c1cn[nH]c1. The van der Waals surface area contributed by atoms with E-state index in [2.05, 4.69) is 22.1 Å². The summed E-state index contributed by atoms with van der Waals surface area (Å²) in [6, 6.07) is 7.56. The third kappa shape index (κ3) is 2.42. The number of hydrogen-bond donors (Lipinski definition) is 2. The molecule has 0 bridgehead atoms. The van der Waals surface area contributed by atoms with Crippen molar-refractivity contribution >= 4 is 17.2 Å². The van der Waals surface area contributed by atoms with Crippen molar-refractivity contribution in [3.05, 3.63) is 54.4 Å². The number of anilines is 1. The molecular formula is C13H13N3O. The molecule has 0 radical (unpaired) electrons. The number of para-hydroxylation sites is 1. The molecule has 1 amide bonds.